The lowest BCUT2D eigenvalue weighted by Crippen LogP contribution is -2.31. The summed E-state index contributed by atoms with van der Waals surface area (Å²) >= 11 is 0. The summed E-state index contributed by atoms with van der Waals surface area (Å²) in [5, 5.41) is 6.80. The molecule has 36 heavy (non-hydrogen) atoms. The number of hydrogen-bond acceptors (Lipinski definition) is 6. The summed E-state index contributed by atoms with van der Waals surface area (Å²) in [6.07, 6.45) is 8.35. The summed E-state index contributed by atoms with van der Waals surface area (Å²) < 4.78 is 12.9. The zero-order chi connectivity index (χ0) is 24.9. The van der Waals surface area contributed by atoms with Crippen LogP contribution >= 0.6 is 0 Å². The van der Waals surface area contributed by atoms with Gasteiger partial charge in [-0.3, -0.25) is 0 Å². The minimum Gasteiger partial charge on any atom is -0.495 e. The largest absolute Gasteiger partial charge is 0.495 e. The number of methoxy groups -OCH3 is 2. The van der Waals surface area contributed by atoms with Crippen LogP contribution in [0.1, 0.15) is 29.5 Å². The van der Waals surface area contributed by atoms with Crippen molar-refractivity contribution < 1.29 is 14.3 Å². The molecule has 7 heteroatoms. The average Bonchev–Trinajstić information content (AvgIpc) is 3.53. The van der Waals surface area contributed by atoms with Gasteiger partial charge in [0.2, 0.25) is 6.23 Å². The molecule has 0 bridgehead atoms. The van der Waals surface area contributed by atoms with Gasteiger partial charge >= 0.3 is 0 Å². The third-order valence-electron chi connectivity index (χ3n) is 6.28. The first-order valence-corrected chi connectivity index (χ1v) is 12.0. The standard InChI is InChI=1S/C29H30N4O3/c1-21-19-32(20-30-21)26-14-12-22(18-27(26)35-3)13-15-28-31-36-29(33(28)16-7-17-34-2)25-11-6-9-23-8-4-5-10-24(23)25/h4-6,8-15,18-20,29H,7,16-17H2,1-3H3/b15-13+. The van der Waals surface area contributed by atoms with Gasteiger partial charge in [0.25, 0.3) is 0 Å². The number of amidine groups is 1. The number of aryl methyl sites for hydroxylation is 1. The van der Waals surface area contributed by atoms with E-state index in [1.165, 1.54) is 5.39 Å². The van der Waals surface area contributed by atoms with Crippen LogP contribution in [-0.4, -0.2) is 47.7 Å². The van der Waals surface area contributed by atoms with E-state index in [1.807, 2.05) is 42.0 Å². The smallest absolute Gasteiger partial charge is 0.227 e. The first-order valence-electron chi connectivity index (χ1n) is 12.0. The van der Waals surface area contributed by atoms with Crippen molar-refractivity contribution in [2.75, 3.05) is 27.4 Å². The summed E-state index contributed by atoms with van der Waals surface area (Å²) in [7, 11) is 3.40. The molecular formula is C29H30N4O3. The Hall–Kier alpha value is -4.10. The van der Waals surface area contributed by atoms with Crippen molar-refractivity contribution in [3.8, 4) is 11.4 Å². The molecule has 1 aliphatic rings. The van der Waals surface area contributed by atoms with Crippen LogP contribution in [0.15, 0.2) is 84.4 Å². The van der Waals surface area contributed by atoms with Crippen LogP contribution in [0, 0.1) is 6.92 Å². The number of aromatic nitrogens is 2. The minimum atomic E-state index is -0.297. The van der Waals surface area contributed by atoms with Gasteiger partial charge in [0.1, 0.15) is 5.75 Å². The van der Waals surface area contributed by atoms with Crippen molar-refractivity contribution in [1.29, 1.82) is 0 Å². The number of oxime groups is 1. The van der Waals surface area contributed by atoms with Crippen LogP contribution in [0.4, 0.5) is 0 Å². The monoisotopic (exact) mass is 482 g/mol. The Labute approximate surface area is 211 Å². The van der Waals surface area contributed by atoms with Gasteiger partial charge in [-0.25, -0.2) is 4.98 Å². The van der Waals surface area contributed by atoms with Crippen molar-refractivity contribution in [2.24, 2.45) is 5.16 Å². The van der Waals surface area contributed by atoms with E-state index < -0.39 is 0 Å². The number of ether oxygens (including phenoxy) is 2. The maximum absolute atomic E-state index is 6.00. The second kappa shape index (κ2) is 10.7. The van der Waals surface area contributed by atoms with Gasteiger partial charge in [0.15, 0.2) is 5.84 Å². The first-order chi connectivity index (χ1) is 17.7. The average molecular weight is 483 g/mol. The first kappa shape index (κ1) is 23.6. The highest BCUT2D eigenvalue weighted by atomic mass is 16.7. The molecule has 1 aromatic heterocycles. The molecule has 3 aromatic carbocycles. The zero-order valence-electron chi connectivity index (χ0n) is 20.8. The lowest BCUT2D eigenvalue weighted by atomic mass is 10.0. The van der Waals surface area contributed by atoms with Crippen LogP contribution in [0.5, 0.6) is 5.75 Å². The molecule has 0 saturated heterocycles. The molecule has 0 radical (unpaired) electrons. The number of benzene rings is 3. The highest BCUT2D eigenvalue weighted by molar-refractivity contribution is 5.97. The molecule has 7 nitrogen and oxygen atoms in total. The molecule has 0 saturated carbocycles. The number of imidazole rings is 1. The maximum Gasteiger partial charge on any atom is 0.227 e. The Bertz CT molecular complexity index is 1400. The molecule has 5 rings (SSSR count). The van der Waals surface area contributed by atoms with Crippen LogP contribution in [-0.2, 0) is 9.57 Å². The Kier molecular flexibility index (Phi) is 7.00. The molecule has 1 unspecified atom stereocenters. The van der Waals surface area contributed by atoms with E-state index in [4.69, 9.17) is 14.3 Å². The number of fused-ring (bicyclic) bond motifs is 1. The summed E-state index contributed by atoms with van der Waals surface area (Å²) in [5.41, 5.74) is 3.99. The van der Waals surface area contributed by atoms with Crippen molar-refractivity contribution >= 4 is 22.7 Å². The predicted molar refractivity (Wildman–Crippen MR) is 142 cm³/mol. The summed E-state index contributed by atoms with van der Waals surface area (Å²) in [6, 6.07) is 20.7. The molecule has 2 heterocycles. The van der Waals surface area contributed by atoms with Crippen LogP contribution < -0.4 is 4.74 Å². The normalized spacial score (nSPS) is 15.5. The Morgan fingerprint density at radius 2 is 1.89 bits per heavy atom. The van der Waals surface area contributed by atoms with E-state index in [1.54, 1.807) is 20.5 Å². The van der Waals surface area contributed by atoms with E-state index in [2.05, 4.69) is 63.6 Å². The van der Waals surface area contributed by atoms with Gasteiger partial charge in [0, 0.05) is 32.0 Å². The van der Waals surface area contributed by atoms with Gasteiger partial charge in [-0.2, -0.15) is 0 Å². The van der Waals surface area contributed by atoms with Gasteiger partial charge in [-0.05, 0) is 47.9 Å². The minimum absolute atomic E-state index is 0.297. The molecule has 4 aromatic rings. The van der Waals surface area contributed by atoms with Crippen molar-refractivity contribution in [2.45, 2.75) is 19.6 Å². The Balaban J connectivity index is 1.41. The third-order valence-corrected chi connectivity index (χ3v) is 6.28. The van der Waals surface area contributed by atoms with E-state index in [0.717, 1.165) is 52.4 Å². The fourth-order valence-corrected chi connectivity index (χ4v) is 4.50. The van der Waals surface area contributed by atoms with Crippen molar-refractivity contribution in [1.82, 2.24) is 14.5 Å². The van der Waals surface area contributed by atoms with Gasteiger partial charge < -0.3 is 23.8 Å². The van der Waals surface area contributed by atoms with Crippen molar-refractivity contribution in [3.05, 3.63) is 96.1 Å². The van der Waals surface area contributed by atoms with E-state index >= 15 is 0 Å². The van der Waals surface area contributed by atoms with Crippen LogP contribution in [0.2, 0.25) is 0 Å². The predicted octanol–water partition coefficient (Wildman–Crippen LogP) is 5.74. The van der Waals surface area contributed by atoms with E-state index in [9.17, 15) is 0 Å². The second-order valence-corrected chi connectivity index (χ2v) is 8.70. The third kappa shape index (κ3) is 4.83. The fraction of sp³-hybridized carbons (Fsp3) is 0.241. The van der Waals surface area contributed by atoms with E-state index in [0.29, 0.717) is 6.61 Å². The van der Waals surface area contributed by atoms with Crippen LogP contribution in [0.25, 0.3) is 22.5 Å². The van der Waals surface area contributed by atoms with E-state index in [-0.39, 0.29) is 6.23 Å². The molecule has 0 spiro atoms. The second-order valence-electron chi connectivity index (χ2n) is 8.70. The lowest BCUT2D eigenvalue weighted by Gasteiger charge is -2.25. The molecule has 0 aliphatic carbocycles. The maximum atomic E-state index is 6.00. The quantitative estimate of drug-likeness (QED) is 0.285. The molecule has 0 amide bonds. The lowest BCUT2D eigenvalue weighted by molar-refractivity contribution is 0.00759. The highest BCUT2D eigenvalue weighted by Crippen LogP contribution is 2.34. The van der Waals surface area contributed by atoms with Crippen LogP contribution in [0.3, 0.4) is 0 Å². The summed E-state index contributed by atoms with van der Waals surface area (Å²) in [6.45, 7) is 3.39. The molecular weight excluding hydrogens is 452 g/mol. The highest BCUT2D eigenvalue weighted by Gasteiger charge is 2.31. The number of nitrogens with zero attached hydrogens (tertiary/aromatic N) is 4. The molecule has 0 N–H and O–H groups in total. The molecule has 0 fully saturated rings. The molecule has 1 aliphatic heterocycles. The van der Waals surface area contributed by atoms with Gasteiger partial charge in [-0.1, -0.05) is 59.8 Å². The molecule has 1 atom stereocenters. The van der Waals surface area contributed by atoms with Crippen molar-refractivity contribution in [3.63, 3.8) is 0 Å². The topological polar surface area (TPSA) is 61.1 Å². The SMILES string of the molecule is COCCCN1C(/C=C/c2ccc(-n3cnc(C)c3)c(OC)c2)=NOC1c1cccc2ccccc12. The number of rotatable bonds is 9. The van der Waals surface area contributed by atoms with Gasteiger partial charge in [-0.15, -0.1) is 0 Å². The molecule has 184 valence electrons. The fourth-order valence-electron chi connectivity index (χ4n) is 4.50. The summed E-state index contributed by atoms with van der Waals surface area (Å²) in [5.74, 6) is 1.54. The Morgan fingerprint density at radius 1 is 1.03 bits per heavy atom. The zero-order valence-corrected chi connectivity index (χ0v) is 20.8. The number of hydrogen-bond donors (Lipinski definition) is 0. The Morgan fingerprint density at radius 3 is 2.69 bits per heavy atom. The van der Waals surface area contributed by atoms with Gasteiger partial charge in [0.05, 0.1) is 24.8 Å². The summed E-state index contributed by atoms with van der Waals surface area (Å²) in [4.78, 5) is 12.5.